The fourth-order valence-electron chi connectivity index (χ4n) is 6.23. The van der Waals surface area contributed by atoms with Crippen LogP contribution in [-0.4, -0.2) is 37.9 Å². The van der Waals surface area contributed by atoms with E-state index in [1.807, 2.05) is 0 Å². The van der Waals surface area contributed by atoms with Crippen molar-refractivity contribution in [3.05, 3.63) is 109 Å². The summed E-state index contributed by atoms with van der Waals surface area (Å²) in [5, 5.41) is 0. The number of unbranched alkanes of at least 4 members (excludes halogenated alkanes) is 14. The van der Waals surface area contributed by atoms with Crippen molar-refractivity contribution >= 4 is 11.9 Å². The normalized spacial score (nSPS) is 13.2. The Hall–Kier alpha value is -3.44. The minimum Gasteiger partial charge on any atom is -0.462 e. The molecular weight excluding hydrogens is 741 g/mol. The molecule has 1 unspecified atom stereocenters. The van der Waals surface area contributed by atoms with Crippen LogP contribution in [0.5, 0.6) is 0 Å². The van der Waals surface area contributed by atoms with Gasteiger partial charge in [-0.15, -0.1) is 0 Å². The van der Waals surface area contributed by atoms with Gasteiger partial charge in [-0.3, -0.25) is 9.59 Å². The molecule has 0 aliphatic carbocycles. The average Bonchev–Trinajstić information content (AvgIpc) is 3.25. The molecular formula is C55H90O5. The molecule has 0 radical (unpaired) electrons. The molecule has 0 heterocycles. The summed E-state index contributed by atoms with van der Waals surface area (Å²) in [4.78, 5) is 25.3. The maximum atomic E-state index is 12.7. The zero-order valence-electron chi connectivity index (χ0n) is 38.9. The van der Waals surface area contributed by atoms with Gasteiger partial charge in [-0.1, -0.05) is 188 Å². The Bertz CT molecular complexity index is 1210. The van der Waals surface area contributed by atoms with Crippen molar-refractivity contribution in [2.45, 2.75) is 207 Å². The third-order valence-corrected chi connectivity index (χ3v) is 9.79. The largest absolute Gasteiger partial charge is 0.462 e. The number of ether oxygens (including phenoxy) is 3. The van der Waals surface area contributed by atoms with Gasteiger partial charge in [-0.05, 0) is 109 Å². The summed E-state index contributed by atoms with van der Waals surface area (Å²) in [6, 6.07) is 0. The molecule has 5 heteroatoms. The molecule has 5 nitrogen and oxygen atoms in total. The first-order valence-corrected chi connectivity index (χ1v) is 24.4. The second-order valence-corrected chi connectivity index (χ2v) is 15.6. The standard InChI is InChI=1S/C55H90O5/c1-4-7-10-13-16-19-22-25-27-29-32-35-38-41-44-47-50-58-51-53(60-55(57)49-46-43-40-37-34-30-24-21-18-15-12-9-6-3)52-59-54(56)48-45-42-39-36-33-31-28-26-23-20-17-14-11-8-5-2/h7,9-10,12,16,18-19,21,25-28,30,32,34-35,41,44,53H,4-6,8,11,13-15,17,20,22-24,29,31,33,36-40,42-43,45-52H2,1-3H3/b10-7-,12-9-,19-16-,21-18-,27-25-,28-26-,34-30-,35-32-,44-41-. The number of esters is 2. The summed E-state index contributed by atoms with van der Waals surface area (Å²) in [7, 11) is 0. The van der Waals surface area contributed by atoms with Crippen LogP contribution in [0.25, 0.3) is 0 Å². The summed E-state index contributed by atoms with van der Waals surface area (Å²) in [5.74, 6) is -0.489. The van der Waals surface area contributed by atoms with Crippen LogP contribution in [0.15, 0.2) is 109 Å². The lowest BCUT2D eigenvalue weighted by atomic mass is 10.1. The van der Waals surface area contributed by atoms with Crippen LogP contribution in [0.3, 0.4) is 0 Å². The van der Waals surface area contributed by atoms with E-state index in [1.54, 1.807) is 0 Å². The predicted octanol–water partition coefficient (Wildman–Crippen LogP) is 16.4. The van der Waals surface area contributed by atoms with Crippen LogP contribution >= 0.6 is 0 Å². The van der Waals surface area contributed by atoms with E-state index in [0.717, 1.165) is 109 Å². The minimum absolute atomic E-state index is 0.0332. The molecule has 1 atom stereocenters. The van der Waals surface area contributed by atoms with E-state index in [1.165, 1.54) is 57.8 Å². The molecule has 0 saturated heterocycles. The molecule has 0 spiro atoms. The highest BCUT2D eigenvalue weighted by molar-refractivity contribution is 5.70. The highest BCUT2D eigenvalue weighted by Gasteiger charge is 2.17. The summed E-state index contributed by atoms with van der Waals surface area (Å²) in [6.07, 6.45) is 68.3. The number of carbonyl (C=O) groups is 2. The van der Waals surface area contributed by atoms with E-state index < -0.39 is 6.10 Å². The molecule has 0 fully saturated rings. The van der Waals surface area contributed by atoms with Crippen molar-refractivity contribution in [1.82, 2.24) is 0 Å². The topological polar surface area (TPSA) is 61.8 Å². The van der Waals surface area contributed by atoms with Crippen molar-refractivity contribution in [2.24, 2.45) is 0 Å². The average molecular weight is 831 g/mol. The molecule has 0 aromatic rings. The molecule has 0 aliphatic rings. The SMILES string of the molecule is CC/C=C\C/C=C\C/C=C\C/C=C\C/C=C\CCOCC(COC(=O)CCCCCCC/C=C\CCCCCCCC)OC(=O)CCCCC/C=C\C/C=C\C/C=C\CC. The number of carbonyl (C=O) groups excluding carboxylic acids is 2. The zero-order chi connectivity index (χ0) is 43.5. The van der Waals surface area contributed by atoms with Gasteiger partial charge in [0.1, 0.15) is 6.61 Å². The fraction of sp³-hybridized carbons (Fsp3) is 0.636. The van der Waals surface area contributed by atoms with Crippen LogP contribution < -0.4 is 0 Å². The van der Waals surface area contributed by atoms with Crippen LogP contribution in [0.1, 0.15) is 201 Å². The van der Waals surface area contributed by atoms with E-state index in [4.69, 9.17) is 14.2 Å². The van der Waals surface area contributed by atoms with Gasteiger partial charge in [-0.25, -0.2) is 0 Å². The van der Waals surface area contributed by atoms with Crippen LogP contribution in [0, 0.1) is 0 Å². The second kappa shape index (κ2) is 49.9. The smallest absolute Gasteiger partial charge is 0.306 e. The van der Waals surface area contributed by atoms with Gasteiger partial charge in [-0.2, -0.15) is 0 Å². The van der Waals surface area contributed by atoms with Gasteiger partial charge in [0.25, 0.3) is 0 Å². The summed E-state index contributed by atoms with van der Waals surface area (Å²) >= 11 is 0. The van der Waals surface area contributed by atoms with Gasteiger partial charge < -0.3 is 14.2 Å². The van der Waals surface area contributed by atoms with Crippen molar-refractivity contribution in [3.63, 3.8) is 0 Å². The molecule has 60 heavy (non-hydrogen) atoms. The molecule has 0 saturated carbocycles. The van der Waals surface area contributed by atoms with Gasteiger partial charge in [0.2, 0.25) is 0 Å². The third-order valence-electron chi connectivity index (χ3n) is 9.79. The highest BCUT2D eigenvalue weighted by Crippen LogP contribution is 2.12. The monoisotopic (exact) mass is 831 g/mol. The van der Waals surface area contributed by atoms with Gasteiger partial charge in [0, 0.05) is 12.8 Å². The lowest BCUT2D eigenvalue weighted by molar-refractivity contribution is -0.162. The van der Waals surface area contributed by atoms with Crippen molar-refractivity contribution in [1.29, 1.82) is 0 Å². The first-order valence-electron chi connectivity index (χ1n) is 24.4. The summed E-state index contributed by atoms with van der Waals surface area (Å²) < 4.78 is 17.2. The summed E-state index contributed by atoms with van der Waals surface area (Å²) in [6.45, 7) is 7.33. The fourth-order valence-corrected chi connectivity index (χ4v) is 6.23. The minimum atomic E-state index is -0.600. The molecule has 0 aromatic carbocycles. The molecule has 0 amide bonds. The van der Waals surface area contributed by atoms with Crippen LogP contribution in [-0.2, 0) is 23.8 Å². The maximum absolute atomic E-state index is 12.7. The van der Waals surface area contributed by atoms with Gasteiger partial charge in [0.05, 0.1) is 13.2 Å². The van der Waals surface area contributed by atoms with E-state index in [9.17, 15) is 9.59 Å². The summed E-state index contributed by atoms with van der Waals surface area (Å²) in [5.41, 5.74) is 0. The Morgan fingerprint density at radius 2 is 0.750 bits per heavy atom. The molecule has 0 N–H and O–H groups in total. The molecule has 0 rings (SSSR count). The van der Waals surface area contributed by atoms with E-state index in [0.29, 0.717) is 19.4 Å². The first kappa shape index (κ1) is 56.6. The van der Waals surface area contributed by atoms with Gasteiger partial charge >= 0.3 is 11.9 Å². The maximum Gasteiger partial charge on any atom is 0.306 e. The number of rotatable bonds is 43. The number of allylic oxidation sites excluding steroid dienone is 17. The van der Waals surface area contributed by atoms with E-state index in [2.05, 4.69) is 130 Å². The first-order chi connectivity index (χ1) is 29.6. The number of hydrogen-bond donors (Lipinski definition) is 0. The van der Waals surface area contributed by atoms with Gasteiger partial charge in [0.15, 0.2) is 6.10 Å². The zero-order valence-corrected chi connectivity index (χ0v) is 38.9. The molecule has 0 bridgehead atoms. The van der Waals surface area contributed by atoms with Crippen molar-refractivity contribution in [3.8, 4) is 0 Å². The lowest BCUT2D eigenvalue weighted by Gasteiger charge is -2.18. The van der Waals surface area contributed by atoms with Crippen LogP contribution in [0.2, 0.25) is 0 Å². The number of hydrogen-bond acceptors (Lipinski definition) is 5. The lowest BCUT2D eigenvalue weighted by Crippen LogP contribution is -2.30. The molecule has 0 aromatic heterocycles. The van der Waals surface area contributed by atoms with Crippen molar-refractivity contribution in [2.75, 3.05) is 19.8 Å². The van der Waals surface area contributed by atoms with Crippen molar-refractivity contribution < 1.29 is 23.8 Å². The van der Waals surface area contributed by atoms with Crippen LogP contribution in [0.4, 0.5) is 0 Å². The van der Waals surface area contributed by atoms with E-state index in [-0.39, 0.29) is 25.2 Å². The Morgan fingerprint density at radius 1 is 0.383 bits per heavy atom. The Morgan fingerprint density at radius 3 is 1.23 bits per heavy atom. The molecule has 0 aliphatic heterocycles. The highest BCUT2D eigenvalue weighted by atomic mass is 16.6. The quantitative estimate of drug-likeness (QED) is 0.0348. The Kier molecular flexibility index (Phi) is 47.1. The predicted molar refractivity (Wildman–Crippen MR) is 260 cm³/mol. The Balaban J connectivity index is 4.45. The van der Waals surface area contributed by atoms with E-state index >= 15 is 0 Å². The second-order valence-electron chi connectivity index (χ2n) is 15.6. The molecule has 340 valence electrons. The third kappa shape index (κ3) is 47.2. The Labute approximate surface area is 370 Å².